The lowest BCUT2D eigenvalue weighted by molar-refractivity contribution is 0.184. The van der Waals surface area contributed by atoms with E-state index in [1.165, 1.54) is 6.07 Å². The van der Waals surface area contributed by atoms with Crippen molar-refractivity contribution in [2.75, 3.05) is 0 Å². The number of aromatic hydroxyl groups is 1. The number of terminal acetylenes is 1. The van der Waals surface area contributed by atoms with Gasteiger partial charge in [-0.3, -0.25) is 0 Å². The Bertz CT molecular complexity index is 379. The van der Waals surface area contributed by atoms with Crippen molar-refractivity contribution in [3.05, 3.63) is 29.3 Å². The maximum atomic E-state index is 9.53. The van der Waals surface area contributed by atoms with Crippen molar-refractivity contribution >= 4 is 6.21 Å². The van der Waals surface area contributed by atoms with Gasteiger partial charge in [0.25, 0.3) is 0 Å². The third kappa shape index (κ3) is 2.12. The van der Waals surface area contributed by atoms with Gasteiger partial charge >= 0.3 is 0 Å². The van der Waals surface area contributed by atoms with Crippen molar-refractivity contribution in [3.8, 4) is 18.1 Å². The molecule has 0 heterocycles. The van der Waals surface area contributed by atoms with E-state index in [2.05, 4.69) is 5.92 Å². The number of nitrogens with one attached hydrogen (secondary N) is 1. The van der Waals surface area contributed by atoms with Crippen molar-refractivity contribution in [2.24, 2.45) is 0 Å². The summed E-state index contributed by atoms with van der Waals surface area (Å²) in [5.41, 5.74) is 0.984. The van der Waals surface area contributed by atoms with Crippen molar-refractivity contribution in [2.45, 2.75) is 12.5 Å². The quantitative estimate of drug-likeness (QED) is 0.497. The van der Waals surface area contributed by atoms with Crippen LogP contribution in [-0.2, 0) is 0 Å². The molecule has 0 amide bonds. The third-order valence-corrected chi connectivity index (χ3v) is 1.90. The van der Waals surface area contributed by atoms with Gasteiger partial charge in [-0.25, -0.2) is 0 Å². The van der Waals surface area contributed by atoms with E-state index in [0.29, 0.717) is 11.1 Å². The Morgan fingerprint density at radius 2 is 2.29 bits per heavy atom. The minimum Gasteiger partial charge on any atom is -0.507 e. The molecule has 1 unspecified atom stereocenters. The van der Waals surface area contributed by atoms with Crippen LogP contribution in [0.25, 0.3) is 0 Å². The van der Waals surface area contributed by atoms with Crippen LogP contribution in [-0.4, -0.2) is 16.4 Å². The molecule has 1 aromatic rings. The number of rotatable bonds is 3. The lowest BCUT2D eigenvalue weighted by Gasteiger charge is -2.08. The fourth-order valence-electron chi connectivity index (χ4n) is 1.13. The number of aliphatic hydroxyl groups is 1. The van der Waals surface area contributed by atoms with Crippen LogP contribution < -0.4 is 0 Å². The Morgan fingerprint density at radius 3 is 2.86 bits per heavy atom. The highest BCUT2D eigenvalue weighted by Crippen LogP contribution is 2.22. The van der Waals surface area contributed by atoms with E-state index >= 15 is 0 Å². The minimum atomic E-state index is -0.737. The van der Waals surface area contributed by atoms with E-state index in [4.69, 9.17) is 11.8 Å². The molecule has 0 radical (unpaired) electrons. The van der Waals surface area contributed by atoms with Gasteiger partial charge in [0, 0.05) is 18.2 Å². The van der Waals surface area contributed by atoms with Crippen LogP contribution in [0.1, 0.15) is 23.7 Å². The summed E-state index contributed by atoms with van der Waals surface area (Å²) >= 11 is 0. The molecule has 0 aliphatic heterocycles. The van der Waals surface area contributed by atoms with Gasteiger partial charge in [0.05, 0.1) is 6.10 Å². The van der Waals surface area contributed by atoms with E-state index < -0.39 is 6.10 Å². The van der Waals surface area contributed by atoms with Crippen LogP contribution in [0.5, 0.6) is 5.75 Å². The summed E-state index contributed by atoms with van der Waals surface area (Å²) < 4.78 is 0. The second kappa shape index (κ2) is 4.45. The van der Waals surface area contributed by atoms with Gasteiger partial charge in [0.1, 0.15) is 5.75 Å². The minimum absolute atomic E-state index is 0.0247. The molecule has 3 heteroatoms. The summed E-state index contributed by atoms with van der Waals surface area (Å²) in [6.07, 6.45) is 5.58. The predicted octanol–water partition coefficient (Wildman–Crippen LogP) is 1.45. The monoisotopic (exact) mass is 189 g/mol. The SMILES string of the molecule is C#CCC(O)c1ccc(O)c(C=N)c1. The second-order valence-corrected chi connectivity index (χ2v) is 2.89. The number of phenols is 1. The Kier molecular flexibility index (Phi) is 3.27. The summed E-state index contributed by atoms with van der Waals surface area (Å²) in [4.78, 5) is 0. The van der Waals surface area contributed by atoms with Crippen LogP contribution in [0, 0.1) is 17.8 Å². The maximum absolute atomic E-state index is 9.53. The first-order valence-electron chi connectivity index (χ1n) is 4.14. The number of phenolic OH excluding ortho intramolecular Hbond substituents is 1. The van der Waals surface area contributed by atoms with Crippen LogP contribution in [0.15, 0.2) is 18.2 Å². The summed E-state index contributed by atoms with van der Waals surface area (Å²) in [7, 11) is 0. The summed E-state index contributed by atoms with van der Waals surface area (Å²) in [5, 5.41) is 25.8. The molecule has 3 N–H and O–H groups in total. The van der Waals surface area contributed by atoms with Crippen LogP contribution in [0.2, 0.25) is 0 Å². The molecule has 3 nitrogen and oxygen atoms in total. The molecule has 14 heavy (non-hydrogen) atoms. The van der Waals surface area contributed by atoms with Crippen LogP contribution in [0.3, 0.4) is 0 Å². The van der Waals surface area contributed by atoms with Gasteiger partial charge in [-0.2, -0.15) is 0 Å². The number of aliphatic hydroxyl groups excluding tert-OH is 1. The van der Waals surface area contributed by atoms with Crippen LogP contribution in [0.4, 0.5) is 0 Å². The first-order chi connectivity index (χ1) is 6.69. The molecule has 1 rings (SSSR count). The van der Waals surface area contributed by atoms with Gasteiger partial charge in [-0.05, 0) is 17.7 Å². The van der Waals surface area contributed by atoms with Gasteiger partial charge < -0.3 is 15.6 Å². The molecule has 1 aromatic carbocycles. The molecule has 0 aliphatic carbocycles. The van der Waals surface area contributed by atoms with E-state index in [1.54, 1.807) is 12.1 Å². The molecule has 0 saturated heterocycles. The molecule has 0 saturated carbocycles. The molecule has 0 spiro atoms. The van der Waals surface area contributed by atoms with E-state index in [9.17, 15) is 10.2 Å². The molecular weight excluding hydrogens is 178 g/mol. The smallest absolute Gasteiger partial charge is 0.124 e. The fourth-order valence-corrected chi connectivity index (χ4v) is 1.13. The van der Waals surface area contributed by atoms with Crippen molar-refractivity contribution < 1.29 is 10.2 Å². The Balaban J connectivity index is 3.01. The Morgan fingerprint density at radius 1 is 1.57 bits per heavy atom. The highest BCUT2D eigenvalue weighted by Gasteiger charge is 2.07. The largest absolute Gasteiger partial charge is 0.507 e. The van der Waals surface area contributed by atoms with E-state index in [0.717, 1.165) is 6.21 Å². The number of benzene rings is 1. The molecule has 72 valence electrons. The second-order valence-electron chi connectivity index (χ2n) is 2.89. The highest BCUT2D eigenvalue weighted by atomic mass is 16.3. The van der Waals surface area contributed by atoms with Gasteiger partial charge in [-0.1, -0.05) is 6.07 Å². The van der Waals surface area contributed by atoms with Gasteiger partial charge in [0.2, 0.25) is 0 Å². The molecule has 1 atom stereocenters. The maximum Gasteiger partial charge on any atom is 0.124 e. The first kappa shape index (κ1) is 10.3. The lowest BCUT2D eigenvalue weighted by Crippen LogP contribution is -1.97. The van der Waals surface area contributed by atoms with E-state index in [1.807, 2.05) is 0 Å². The van der Waals surface area contributed by atoms with Crippen molar-refractivity contribution in [1.82, 2.24) is 0 Å². The molecular formula is C11H11NO2. The summed E-state index contributed by atoms with van der Waals surface area (Å²) in [6, 6.07) is 4.57. The van der Waals surface area contributed by atoms with E-state index in [-0.39, 0.29) is 12.2 Å². The topological polar surface area (TPSA) is 64.3 Å². The lowest BCUT2D eigenvalue weighted by atomic mass is 10.0. The fraction of sp³-hybridized carbons (Fsp3) is 0.182. The van der Waals surface area contributed by atoms with Gasteiger partial charge in [-0.15, -0.1) is 12.3 Å². The normalized spacial score (nSPS) is 11.7. The van der Waals surface area contributed by atoms with Gasteiger partial charge in [0.15, 0.2) is 0 Å². The standard InChI is InChI=1S/C11H11NO2/c1-2-3-10(13)8-4-5-11(14)9(6-8)7-12/h1,4-7,10,12-14H,3H2. The predicted molar refractivity (Wildman–Crippen MR) is 54.4 cm³/mol. The Hall–Kier alpha value is -1.79. The summed E-state index contributed by atoms with van der Waals surface area (Å²) in [5.74, 6) is 2.37. The third-order valence-electron chi connectivity index (χ3n) is 1.90. The van der Waals surface area contributed by atoms with Crippen LogP contribution >= 0.6 is 0 Å². The molecule has 0 fully saturated rings. The van der Waals surface area contributed by atoms with Crippen molar-refractivity contribution in [1.29, 1.82) is 5.41 Å². The molecule has 0 aromatic heterocycles. The zero-order chi connectivity index (χ0) is 10.6. The average Bonchev–Trinajstić information content (AvgIpc) is 2.19. The molecule has 0 aliphatic rings. The summed E-state index contributed by atoms with van der Waals surface area (Å²) in [6.45, 7) is 0. The number of hydrogen-bond acceptors (Lipinski definition) is 3. The zero-order valence-electron chi connectivity index (χ0n) is 7.57. The molecule has 0 bridgehead atoms. The number of hydrogen-bond donors (Lipinski definition) is 3. The average molecular weight is 189 g/mol. The van der Waals surface area contributed by atoms with Crippen molar-refractivity contribution in [3.63, 3.8) is 0 Å². The Labute approximate surface area is 82.5 Å². The highest BCUT2D eigenvalue weighted by molar-refractivity contribution is 5.81. The zero-order valence-corrected chi connectivity index (χ0v) is 7.57. The first-order valence-corrected chi connectivity index (χ1v) is 4.14.